The second-order valence-electron chi connectivity index (χ2n) is 6.85. The van der Waals surface area contributed by atoms with E-state index in [2.05, 4.69) is 20.8 Å². The van der Waals surface area contributed by atoms with Gasteiger partial charge in [-0.05, 0) is 36.4 Å². The Morgan fingerprint density at radius 1 is 1.18 bits per heavy atom. The van der Waals surface area contributed by atoms with Crippen molar-refractivity contribution in [2.24, 2.45) is 15.9 Å². The fourth-order valence-electron chi connectivity index (χ4n) is 2.97. The first kappa shape index (κ1) is 22.7. The van der Waals surface area contributed by atoms with Crippen molar-refractivity contribution < 1.29 is 12.8 Å². The van der Waals surface area contributed by atoms with Crippen LogP contribution in [0.4, 0.5) is 5.69 Å². The Labute approximate surface area is 197 Å². The van der Waals surface area contributed by atoms with E-state index in [0.717, 1.165) is 5.39 Å². The molecule has 0 bridgehead atoms. The molecule has 0 radical (unpaired) electrons. The lowest BCUT2D eigenvalue weighted by Gasteiger charge is -2.04. The number of hydrogen-bond donors (Lipinski definition) is 3. The predicted octanol–water partition coefficient (Wildman–Crippen LogP) is 2.86. The molecule has 4 aromatic rings. The third-order valence-electron chi connectivity index (χ3n) is 4.53. The summed E-state index contributed by atoms with van der Waals surface area (Å²) in [5, 5.41) is 15.3. The second-order valence-corrected chi connectivity index (χ2v) is 9.32. The molecule has 0 saturated heterocycles. The lowest BCUT2D eigenvalue weighted by molar-refractivity contribution is 0.563. The van der Waals surface area contributed by atoms with E-state index in [1.807, 2.05) is 12.1 Å². The van der Waals surface area contributed by atoms with Gasteiger partial charge in [-0.15, -0.1) is 15.7 Å². The standard InChI is InChI=1S/C22H16N6O4S2/c23-10-14(11-26-15-5-7-16(8-6-15)34(30,31)28-22(24)25)20-27-18(12-33-20)17-9-13-3-1-2-4-19(13)32-21(17)29/h1-9,11-12,26H,(H4,24,25,28). The molecule has 0 aliphatic heterocycles. The molecule has 5 N–H and O–H groups in total. The van der Waals surface area contributed by atoms with Crippen LogP contribution in [0.1, 0.15) is 5.01 Å². The van der Waals surface area contributed by atoms with E-state index < -0.39 is 21.6 Å². The summed E-state index contributed by atoms with van der Waals surface area (Å²) in [6.45, 7) is 0. The normalized spacial score (nSPS) is 11.7. The summed E-state index contributed by atoms with van der Waals surface area (Å²) in [6.07, 6.45) is 1.44. The van der Waals surface area contributed by atoms with Gasteiger partial charge in [0.1, 0.15) is 22.2 Å². The maximum atomic E-state index is 12.4. The fourth-order valence-corrected chi connectivity index (χ4v) is 4.62. The number of aromatic nitrogens is 1. The molecule has 170 valence electrons. The van der Waals surface area contributed by atoms with Crippen molar-refractivity contribution in [1.29, 1.82) is 5.26 Å². The Kier molecular flexibility index (Phi) is 6.13. The third kappa shape index (κ3) is 4.80. The van der Waals surface area contributed by atoms with E-state index in [4.69, 9.17) is 15.9 Å². The van der Waals surface area contributed by atoms with Gasteiger partial charge >= 0.3 is 5.63 Å². The zero-order valence-electron chi connectivity index (χ0n) is 17.3. The number of nitriles is 1. The Bertz CT molecular complexity index is 1640. The Morgan fingerprint density at radius 3 is 2.62 bits per heavy atom. The largest absolute Gasteiger partial charge is 0.422 e. The zero-order chi connectivity index (χ0) is 24.3. The minimum Gasteiger partial charge on any atom is -0.422 e. The van der Waals surface area contributed by atoms with Crippen molar-refractivity contribution in [3.05, 3.63) is 81.6 Å². The first-order chi connectivity index (χ1) is 16.3. The van der Waals surface area contributed by atoms with E-state index in [1.54, 1.807) is 23.6 Å². The van der Waals surface area contributed by atoms with Crippen molar-refractivity contribution in [1.82, 2.24) is 4.98 Å². The molecule has 2 aromatic carbocycles. The Hall–Kier alpha value is -4.47. The number of nitrogens with one attached hydrogen (secondary N) is 1. The molecule has 10 nitrogen and oxygen atoms in total. The van der Waals surface area contributed by atoms with Gasteiger partial charge in [0.25, 0.3) is 10.0 Å². The molecule has 0 atom stereocenters. The fraction of sp³-hybridized carbons (Fsp3) is 0. The van der Waals surface area contributed by atoms with Crippen LogP contribution < -0.4 is 22.4 Å². The van der Waals surface area contributed by atoms with Gasteiger partial charge in [-0.2, -0.15) is 13.7 Å². The molecule has 0 amide bonds. The molecule has 0 unspecified atom stereocenters. The average Bonchev–Trinajstić information content (AvgIpc) is 3.28. The molecule has 0 spiro atoms. The molecular weight excluding hydrogens is 476 g/mol. The maximum absolute atomic E-state index is 12.4. The number of benzene rings is 2. The highest BCUT2D eigenvalue weighted by Gasteiger charge is 2.15. The van der Waals surface area contributed by atoms with Crippen molar-refractivity contribution in [2.75, 3.05) is 5.32 Å². The van der Waals surface area contributed by atoms with Gasteiger partial charge in [-0.25, -0.2) is 9.78 Å². The van der Waals surface area contributed by atoms with E-state index in [9.17, 15) is 18.5 Å². The minimum absolute atomic E-state index is 0.0882. The molecule has 0 fully saturated rings. The molecular formula is C22H16N6O4S2. The van der Waals surface area contributed by atoms with E-state index in [-0.39, 0.29) is 10.5 Å². The van der Waals surface area contributed by atoms with Gasteiger partial charge in [0.05, 0.1) is 16.2 Å². The van der Waals surface area contributed by atoms with Gasteiger partial charge < -0.3 is 21.2 Å². The number of guanidine groups is 1. The third-order valence-corrected chi connectivity index (χ3v) is 6.73. The van der Waals surface area contributed by atoms with Crippen LogP contribution in [0.2, 0.25) is 0 Å². The second kappa shape index (κ2) is 9.18. The molecule has 2 heterocycles. The number of thiazole rings is 1. The minimum atomic E-state index is -4.00. The molecule has 2 aromatic heterocycles. The molecule has 4 rings (SSSR count). The highest BCUT2D eigenvalue weighted by Crippen LogP contribution is 2.26. The van der Waals surface area contributed by atoms with E-state index >= 15 is 0 Å². The number of hydrogen-bond acceptors (Lipinski definition) is 8. The van der Waals surface area contributed by atoms with Crippen molar-refractivity contribution >= 4 is 49.5 Å². The monoisotopic (exact) mass is 492 g/mol. The summed E-state index contributed by atoms with van der Waals surface area (Å²) < 4.78 is 32.6. The number of anilines is 1. The van der Waals surface area contributed by atoms with E-state index in [1.165, 1.54) is 41.8 Å². The van der Waals surface area contributed by atoms with Gasteiger partial charge in [-0.3, -0.25) is 0 Å². The van der Waals surface area contributed by atoms with Gasteiger partial charge in [0.15, 0.2) is 0 Å². The zero-order valence-corrected chi connectivity index (χ0v) is 18.9. The number of rotatable bonds is 6. The summed E-state index contributed by atoms with van der Waals surface area (Å²) in [6, 6.07) is 16.5. The van der Waals surface area contributed by atoms with Crippen LogP contribution >= 0.6 is 11.3 Å². The number of fused-ring (bicyclic) bond motifs is 1. The van der Waals surface area contributed by atoms with Crippen molar-refractivity contribution in [2.45, 2.75) is 4.90 Å². The summed E-state index contributed by atoms with van der Waals surface area (Å²) in [5.41, 5.74) is 11.7. The number of sulfonamides is 1. The molecule has 34 heavy (non-hydrogen) atoms. The first-order valence-electron chi connectivity index (χ1n) is 9.59. The van der Waals surface area contributed by atoms with Crippen LogP contribution in [0.5, 0.6) is 0 Å². The summed E-state index contributed by atoms with van der Waals surface area (Å²) in [5.74, 6) is -0.562. The van der Waals surface area contributed by atoms with Crippen molar-refractivity contribution in [3.63, 3.8) is 0 Å². The highest BCUT2D eigenvalue weighted by atomic mass is 32.2. The molecule has 0 saturated carbocycles. The van der Waals surface area contributed by atoms with Crippen LogP contribution in [0.3, 0.4) is 0 Å². The van der Waals surface area contributed by atoms with Crippen LogP contribution in [0.25, 0.3) is 27.8 Å². The van der Waals surface area contributed by atoms with Gasteiger partial charge in [0.2, 0.25) is 5.96 Å². The number of allylic oxidation sites excluding steroid dienone is 1. The quantitative estimate of drug-likeness (QED) is 0.158. The highest BCUT2D eigenvalue weighted by molar-refractivity contribution is 7.90. The SMILES string of the molecule is N#CC(=CNc1ccc(S(=O)(=O)N=C(N)N)cc1)c1nc(-c2cc3ccccc3oc2=O)cs1. The first-order valence-corrected chi connectivity index (χ1v) is 11.9. The summed E-state index contributed by atoms with van der Waals surface area (Å²) >= 11 is 1.20. The van der Waals surface area contributed by atoms with Crippen LogP contribution in [-0.4, -0.2) is 19.4 Å². The molecule has 0 aliphatic rings. The van der Waals surface area contributed by atoms with Gasteiger partial charge in [-0.1, -0.05) is 18.2 Å². The smallest absolute Gasteiger partial charge is 0.345 e. The number of nitrogens with two attached hydrogens (primary N) is 2. The van der Waals surface area contributed by atoms with Crippen molar-refractivity contribution in [3.8, 4) is 17.3 Å². The number of para-hydroxylation sites is 1. The maximum Gasteiger partial charge on any atom is 0.345 e. The van der Waals surface area contributed by atoms with Crippen LogP contribution in [0.15, 0.2) is 84.7 Å². The Balaban J connectivity index is 1.57. The predicted molar refractivity (Wildman–Crippen MR) is 130 cm³/mol. The summed E-state index contributed by atoms with van der Waals surface area (Å²) in [7, 11) is -4.00. The van der Waals surface area contributed by atoms with E-state index in [0.29, 0.717) is 27.5 Å². The average molecular weight is 493 g/mol. The topological polar surface area (TPSA) is 177 Å². The summed E-state index contributed by atoms with van der Waals surface area (Å²) in [4.78, 5) is 16.7. The van der Waals surface area contributed by atoms with Crippen LogP contribution in [-0.2, 0) is 10.0 Å². The lowest BCUT2D eigenvalue weighted by Crippen LogP contribution is -2.24. The van der Waals surface area contributed by atoms with Gasteiger partial charge in [0, 0.05) is 22.7 Å². The Morgan fingerprint density at radius 2 is 1.91 bits per heavy atom. The number of nitrogens with zero attached hydrogens (tertiary/aromatic N) is 3. The molecule has 12 heteroatoms. The molecule has 0 aliphatic carbocycles. The van der Waals surface area contributed by atoms with Crippen LogP contribution in [0, 0.1) is 11.3 Å². The lowest BCUT2D eigenvalue weighted by atomic mass is 10.1.